The normalized spacial score (nSPS) is 14.8. The molecule has 1 fully saturated rings. The van der Waals surface area contributed by atoms with Crippen molar-refractivity contribution in [1.29, 1.82) is 0 Å². The molecule has 0 atom stereocenters. The van der Waals surface area contributed by atoms with Gasteiger partial charge in [-0.05, 0) is 36.2 Å². The lowest BCUT2D eigenvalue weighted by atomic mass is 10.1. The Morgan fingerprint density at radius 2 is 1.39 bits per heavy atom. The van der Waals surface area contributed by atoms with Crippen LogP contribution in [0.1, 0.15) is 27.9 Å². The van der Waals surface area contributed by atoms with Crippen LogP contribution in [-0.4, -0.2) is 47.8 Å². The molecule has 0 bridgehead atoms. The lowest BCUT2D eigenvalue weighted by Crippen LogP contribution is -2.50. The topological polar surface area (TPSA) is 40.6 Å². The lowest BCUT2D eigenvalue weighted by Gasteiger charge is -2.35. The van der Waals surface area contributed by atoms with E-state index >= 15 is 0 Å². The van der Waals surface area contributed by atoms with E-state index in [4.69, 9.17) is 0 Å². The summed E-state index contributed by atoms with van der Waals surface area (Å²) in [6, 6.07) is 14.0. The molecule has 2 aromatic rings. The summed E-state index contributed by atoms with van der Waals surface area (Å²) in [6.45, 7) is 1.61. The summed E-state index contributed by atoms with van der Waals surface area (Å²) in [6.07, 6.45) is -3.34. The third-order valence-corrected chi connectivity index (χ3v) is 4.85. The zero-order valence-electron chi connectivity index (χ0n) is 15.3. The lowest BCUT2D eigenvalue weighted by molar-refractivity contribution is -0.137. The molecule has 0 saturated carbocycles. The molecule has 148 valence electrons. The molecule has 0 radical (unpaired) electrons. The fourth-order valence-electron chi connectivity index (χ4n) is 3.20. The van der Waals surface area contributed by atoms with E-state index in [0.717, 1.165) is 17.7 Å². The van der Waals surface area contributed by atoms with Gasteiger partial charge in [0.2, 0.25) is 5.91 Å². The zero-order valence-corrected chi connectivity index (χ0v) is 15.3. The molecule has 0 unspecified atom stereocenters. The number of halogens is 3. The van der Waals surface area contributed by atoms with Gasteiger partial charge in [0, 0.05) is 38.2 Å². The molecule has 1 aliphatic heterocycles. The first-order valence-corrected chi connectivity index (χ1v) is 9.13. The van der Waals surface area contributed by atoms with Crippen molar-refractivity contribution < 1.29 is 22.8 Å². The van der Waals surface area contributed by atoms with Crippen LogP contribution in [0.15, 0.2) is 54.6 Å². The number of hydrogen-bond acceptors (Lipinski definition) is 2. The molecule has 1 aliphatic rings. The second-order valence-corrected chi connectivity index (χ2v) is 6.73. The monoisotopic (exact) mass is 390 g/mol. The van der Waals surface area contributed by atoms with Crippen molar-refractivity contribution in [2.24, 2.45) is 0 Å². The smallest absolute Gasteiger partial charge is 0.339 e. The molecule has 4 nitrogen and oxygen atoms in total. The van der Waals surface area contributed by atoms with Crippen LogP contribution in [0.5, 0.6) is 0 Å². The molecule has 3 rings (SSSR count). The van der Waals surface area contributed by atoms with Crippen LogP contribution in [0, 0.1) is 0 Å². The molecule has 7 heteroatoms. The first-order valence-electron chi connectivity index (χ1n) is 9.13. The van der Waals surface area contributed by atoms with E-state index in [1.54, 1.807) is 9.80 Å². The minimum Gasteiger partial charge on any atom is -0.339 e. The molecule has 1 saturated heterocycles. The summed E-state index contributed by atoms with van der Waals surface area (Å²) < 4.78 is 37.9. The maximum absolute atomic E-state index is 12.6. The van der Waals surface area contributed by atoms with Crippen molar-refractivity contribution in [2.45, 2.75) is 19.0 Å². The van der Waals surface area contributed by atoms with Crippen molar-refractivity contribution in [3.63, 3.8) is 0 Å². The third kappa shape index (κ3) is 4.91. The summed E-state index contributed by atoms with van der Waals surface area (Å²) in [5, 5.41) is 0. The molecular formula is C21H21F3N2O2. The number of benzene rings is 2. The van der Waals surface area contributed by atoms with E-state index in [1.807, 2.05) is 30.3 Å². The average Bonchev–Trinajstić information content (AvgIpc) is 2.72. The van der Waals surface area contributed by atoms with Crippen molar-refractivity contribution >= 4 is 11.8 Å². The van der Waals surface area contributed by atoms with E-state index in [0.29, 0.717) is 39.0 Å². The molecule has 1 heterocycles. The fourth-order valence-corrected chi connectivity index (χ4v) is 3.20. The molecule has 0 aliphatic carbocycles. The summed E-state index contributed by atoms with van der Waals surface area (Å²) >= 11 is 0. The van der Waals surface area contributed by atoms with Gasteiger partial charge in [0.1, 0.15) is 0 Å². The summed E-state index contributed by atoms with van der Waals surface area (Å²) in [5.74, 6) is -0.268. The molecule has 0 N–H and O–H groups in total. The van der Waals surface area contributed by atoms with E-state index in [-0.39, 0.29) is 17.4 Å². The maximum atomic E-state index is 12.6. The second kappa shape index (κ2) is 8.46. The van der Waals surface area contributed by atoms with Gasteiger partial charge in [-0.2, -0.15) is 13.2 Å². The van der Waals surface area contributed by atoms with Crippen LogP contribution in [0.3, 0.4) is 0 Å². The summed E-state index contributed by atoms with van der Waals surface area (Å²) in [4.78, 5) is 28.2. The van der Waals surface area contributed by atoms with Gasteiger partial charge < -0.3 is 9.80 Å². The standard InChI is InChI=1S/C21H21F3N2O2/c22-21(23,24)18-9-7-17(8-10-18)20(28)26-14-12-25(13-15-26)19(27)11-6-16-4-2-1-3-5-16/h1-5,7-10H,6,11-15H2. The van der Waals surface area contributed by atoms with Crippen LogP contribution < -0.4 is 0 Å². The van der Waals surface area contributed by atoms with E-state index < -0.39 is 11.7 Å². The van der Waals surface area contributed by atoms with Crippen molar-refractivity contribution in [1.82, 2.24) is 9.80 Å². The van der Waals surface area contributed by atoms with Gasteiger partial charge in [-0.15, -0.1) is 0 Å². The number of aryl methyl sites for hydroxylation is 1. The van der Waals surface area contributed by atoms with Crippen molar-refractivity contribution in [3.05, 3.63) is 71.3 Å². The quantitative estimate of drug-likeness (QED) is 0.800. The Kier molecular flexibility index (Phi) is 6.02. The molecular weight excluding hydrogens is 369 g/mol. The Hall–Kier alpha value is -2.83. The number of alkyl halides is 3. The largest absolute Gasteiger partial charge is 0.416 e. The van der Waals surface area contributed by atoms with Crippen LogP contribution in [0.25, 0.3) is 0 Å². The third-order valence-electron chi connectivity index (χ3n) is 4.85. The second-order valence-electron chi connectivity index (χ2n) is 6.73. The van der Waals surface area contributed by atoms with Crippen molar-refractivity contribution in [2.75, 3.05) is 26.2 Å². The van der Waals surface area contributed by atoms with E-state index in [2.05, 4.69) is 0 Å². The summed E-state index contributed by atoms with van der Waals surface area (Å²) in [7, 11) is 0. The van der Waals surface area contributed by atoms with Crippen LogP contribution >= 0.6 is 0 Å². The predicted octanol–water partition coefficient (Wildman–Crippen LogP) is 3.62. The Morgan fingerprint density at radius 1 is 0.821 bits per heavy atom. The van der Waals surface area contributed by atoms with Crippen molar-refractivity contribution in [3.8, 4) is 0 Å². The van der Waals surface area contributed by atoms with Crippen LogP contribution in [-0.2, 0) is 17.4 Å². The Morgan fingerprint density at radius 3 is 1.96 bits per heavy atom. The highest BCUT2D eigenvalue weighted by Crippen LogP contribution is 2.29. The number of nitrogens with zero attached hydrogens (tertiary/aromatic N) is 2. The molecule has 0 spiro atoms. The predicted molar refractivity (Wildman–Crippen MR) is 98.7 cm³/mol. The number of carbonyl (C=O) groups excluding carboxylic acids is 2. The maximum Gasteiger partial charge on any atom is 0.416 e. The van der Waals surface area contributed by atoms with Gasteiger partial charge in [-0.25, -0.2) is 0 Å². The Bertz CT molecular complexity index is 812. The van der Waals surface area contributed by atoms with Gasteiger partial charge in [-0.3, -0.25) is 9.59 Å². The summed E-state index contributed by atoms with van der Waals surface area (Å²) in [5.41, 5.74) is 0.543. The molecule has 28 heavy (non-hydrogen) atoms. The minimum atomic E-state index is -4.42. The van der Waals surface area contributed by atoms with E-state index in [1.165, 1.54) is 12.1 Å². The van der Waals surface area contributed by atoms with Gasteiger partial charge in [0.15, 0.2) is 0 Å². The molecule has 2 aromatic carbocycles. The fraction of sp³-hybridized carbons (Fsp3) is 0.333. The minimum absolute atomic E-state index is 0.0467. The van der Waals surface area contributed by atoms with Crippen LogP contribution in [0.2, 0.25) is 0 Å². The molecule has 0 aromatic heterocycles. The zero-order chi connectivity index (χ0) is 20.1. The number of rotatable bonds is 4. The van der Waals surface area contributed by atoms with Gasteiger partial charge in [0.05, 0.1) is 5.56 Å². The number of carbonyl (C=O) groups is 2. The van der Waals surface area contributed by atoms with Crippen LogP contribution in [0.4, 0.5) is 13.2 Å². The highest BCUT2D eigenvalue weighted by Gasteiger charge is 2.31. The average molecular weight is 390 g/mol. The number of amides is 2. The first kappa shape index (κ1) is 19.9. The first-order chi connectivity index (χ1) is 13.3. The van der Waals surface area contributed by atoms with Gasteiger partial charge >= 0.3 is 6.18 Å². The SMILES string of the molecule is O=C(CCc1ccccc1)N1CCN(C(=O)c2ccc(C(F)(F)F)cc2)CC1. The number of hydrogen-bond donors (Lipinski definition) is 0. The highest BCUT2D eigenvalue weighted by molar-refractivity contribution is 5.94. The highest BCUT2D eigenvalue weighted by atomic mass is 19.4. The van der Waals surface area contributed by atoms with Gasteiger partial charge in [-0.1, -0.05) is 30.3 Å². The molecule has 2 amide bonds. The Balaban J connectivity index is 1.50. The Labute approximate surface area is 161 Å². The van der Waals surface area contributed by atoms with Gasteiger partial charge in [0.25, 0.3) is 5.91 Å². The number of piperazine rings is 1. The van der Waals surface area contributed by atoms with E-state index in [9.17, 15) is 22.8 Å².